The number of nitro groups is 1. The van der Waals surface area contributed by atoms with Crippen molar-refractivity contribution < 1.29 is 14.5 Å². The molecule has 0 saturated heterocycles. The molecule has 1 rings (SSSR count). The first kappa shape index (κ1) is 17.9. The lowest BCUT2D eigenvalue weighted by molar-refractivity contribution is -0.385. The predicted octanol–water partition coefficient (Wildman–Crippen LogP) is 1.82. The zero-order chi connectivity index (χ0) is 16.4. The number of carbonyl (C=O) groups is 1. The smallest absolute Gasteiger partial charge is 0.310 e. The van der Waals surface area contributed by atoms with Crippen molar-refractivity contribution >= 4 is 11.6 Å². The summed E-state index contributed by atoms with van der Waals surface area (Å²) in [4.78, 5) is 24.0. The van der Waals surface area contributed by atoms with Gasteiger partial charge >= 0.3 is 5.69 Å². The Morgan fingerprint density at radius 1 is 1.32 bits per heavy atom. The normalized spacial score (nSPS) is 10.5. The highest BCUT2D eigenvalue weighted by molar-refractivity contribution is 5.75. The molecule has 122 valence electrons. The molecule has 0 radical (unpaired) electrons. The van der Waals surface area contributed by atoms with Crippen LogP contribution >= 0.6 is 0 Å². The Labute approximate surface area is 130 Å². The first-order chi connectivity index (χ1) is 10.5. The number of nitrogens with zero attached hydrogens (tertiary/aromatic N) is 2. The van der Waals surface area contributed by atoms with Crippen LogP contribution in [0.2, 0.25) is 0 Å². The van der Waals surface area contributed by atoms with Crippen molar-refractivity contribution in [3.05, 3.63) is 34.4 Å². The zero-order valence-electron chi connectivity index (χ0n) is 13.1. The largest absolute Gasteiger partial charge is 0.487 e. The minimum absolute atomic E-state index is 0.0232. The fourth-order valence-electron chi connectivity index (χ4n) is 1.86. The fraction of sp³-hybridized carbons (Fsp3) is 0.533. The summed E-state index contributed by atoms with van der Waals surface area (Å²) in [5, 5.41) is 13.7. The maximum Gasteiger partial charge on any atom is 0.310 e. The number of carbonyl (C=O) groups excluding carboxylic acids is 1. The maximum absolute atomic E-state index is 11.6. The Hall–Kier alpha value is -2.15. The second-order valence-electron chi connectivity index (χ2n) is 5.18. The van der Waals surface area contributed by atoms with Gasteiger partial charge in [-0.15, -0.1) is 0 Å². The van der Waals surface area contributed by atoms with Crippen molar-refractivity contribution in [2.24, 2.45) is 0 Å². The van der Waals surface area contributed by atoms with Gasteiger partial charge in [-0.05, 0) is 39.5 Å². The lowest BCUT2D eigenvalue weighted by Gasteiger charge is -2.10. The van der Waals surface area contributed by atoms with Gasteiger partial charge in [0.05, 0.1) is 11.5 Å². The molecule has 0 saturated carbocycles. The molecular formula is C15H23N3O4. The van der Waals surface area contributed by atoms with E-state index >= 15 is 0 Å². The van der Waals surface area contributed by atoms with Crippen LogP contribution in [-0.2, 0) is 4.79 Å². The highest BCUT2D eigenvalue weighted by Gasteiger charge is 2.13. The summed E-state index contributed by atoms with van der Waals surface area (Å²) in [7, 11) is 3.98. The summed E-state index contributed by atoms with van der Waals surface area (Å²) in [5.74, 6) is 0.212. The Kier molecular flexibility index (Phi) is 7.91. The van der Waals surface area contributed by atoms with Gasteiger partial charge < -0.3 is 15.0 Å². The molecular weight excluding hydrogens is 286 g/mol. The van der Waals surface area contributed by atoms with E-state index in [2.05, 4.69) is 10.2 Å². The van der Waals surface area contributed by atoms with E-state index in [1.165, 1.54) is 6.07 Å². The monoisotopic (exact) mass is 309 g/mol. The third kappa shape index (κ3) is 7.03. The summed E-state index contributed by atoms with van der Waals surface area (Å²) in [6, 6.07) is 6.22. The van der Waals surface area contributed by atoms with Gasteiger partial charge in [0.2, 0.25) is 5.91 Å². The molecule has 1 aromatic rings. The van der Waals surface area contributed by atoms with Crippen LogP contribution in [-0.4, -0.2) is 49.5 Å². The van der Waals surface area contributed by atoms with E-state index < -0.39 is 4.92 Å². The fourth-order valence-corrected chi connectivity index (χ4v) is 1.86. The van der Waals surface area contributed by atoms with E-state index in [4.69, 9.17) is 4.74 Å². The van der Waals surface area contributed by atoms with Crippen molar-refractivity contribution in [1.82, 2.24) is 10.2 Å². The van der Waals surface area contributed by atoms with Crippen LogP contribution in [0.5, 0.6) is 5.75 Å². The van der Waals surface area contributed by atoms with E-state index in [1.807, 2.05) is 14.1 Å². The molecule has 7 heteroatoms. The van der Waals surface area contributed by atoms with Crippen molar-refractivity contribution in [3.8, 4) is 5.75 Å². The Morgan fingerprint density at radius 2 is 2.05 bits per heavy atom. The molecule has 1 N–H and O–H groups in total. The van der Waals surface area contributed by atoms with Crippen LogP contribution in [0.1, 0.15) is 19.3 Å². The number of ether oxygens (including phenoxy) is 1. The molecule has 0 aliphatic carbocycles. The average molecular weight is 309 g/mol. The Bertz CT molecular complexity index is 491. The lowest BCUT2D eigenvalue weighted by atomic mass is 10.3. The number of hydrogen-bond donors (Lipinski definition) is 1. The maximum atomic E-state index is 11.6. The van der Waals surface area contributed by atoms with Crippen LogP contribution in [0.15, 0.2) is 24.3 Å². The first-order valence-corrected chi connectivity index (χ1v) is 7.28. The van der Waals surface area contributed by atoms with Gasteiger partial charge in [-0.25, -0.2) is 0 Å². The first-order valence-electron chi connectivity index (χ1n) is 7.28. The molecule has 1 aromatic carbocycles. The predicted molar refractivity (Wildman–Crippen MR) is 84.0 cm³/mol. The van der Waals surface area contributed by atoms with Crippen LogP contribution in [0, 0.1) is 10.1 Å². The molecule has 0 aliphatic heterocycles. The minimum atomic E-state index is -0.479. The summed E-state index contributed by atoms with van der Waals surface area (Å²) in [6.07, 6.45) is 1.78. The molecule has 22 heavy (non-hydrogen) atoms. The van der Waals surface area contributed by atoms with Gasteiger partial charge in [-0.1, -0.05) is 12.1 Å². The lowest BCUT2D eigenvalue weighted by Crippen LogP contribution is -2.27. The number of benzene rings is 1. The number of amides is 1. The van der Waals surface area contributed by atoms with Crippen LogP contribution in [0.3, 0.4) is 0 Å². The van der Waals surface area contributed by atoms with Crippen molar-refractivity contribution in [2.75, 3.05) is 33.8 Å². The van der Waals surface area contributed by atoms with Crippen molar-refractivity contribution in [3.63, 3.8) is 0 Å². The number of hydrogen-bond acceptors (Lipinski definition) is 5. The highest BCUT2D eigenvalue weighted by atomic mass is 16.6. The molecule has 0 atom stereocenters. The van der Waals surface area contributed by atoms with Crippen LogP contribution in [0.4, 0.5) is 5.69 Å². The Balaban J connectivity index is 2.20. The molecule has 7 nitrogen and oxygen atoms in total. The number of nitrogens with one attached hydrogen (secondary N) is 1. The molecule has 1 amide bonds. The number of nitro benzene ring substituents is 1. The van der Waals surface area contributed by atoms with E-state index in [-0.39, 0.29) is 24.0 Å². The number of para-hydroxylation sites is 2. The topological polar surface area (TPSA) is 84.7 Å². The van der Waals surface area contributed by atoms with Crippen LogP contribution in [0.25, 0.3) is 0 Å². The molecule has 0 aromatic heterocycles. The second-order valence-corrected chi connectivity index (χ2v) is 5.18. The van der Waals surface area contributed by atoms with Gasteiger partial charge in [-0.2, -0.15) is 0 Å². The number of rotatable bonds is 10. The van der Waals surface area contributed by atoms with E-state index in [1.54, 1.807) is 18.2 Å². The quantitative estimate of drug-likeness (QED) is 0.405. The van der Waals surface area contributed by atoms with Gasteiger partial charge in [0.1, 0.15) is 0 Å². The average Bonchev–Trinajstić information content (AvgIpc) is 2.48. The Morgan fingerprint density at radius 3 is 2.73 bits per heavy atom. The molecule has 0 heterocycles. The molecule has 0 spiro atoms. The third-order valence-corrected chi connectivity index (χ3v) is 2.97. The van der Waals surface area contributed by atoms with E-state index in [0.717, 1.165) is 13.0 Å². The SMILES string of the molecule is CN(C)CCCNC(=O)CCCOc1ccccc1[N+](=O)[O-]. The second kappa shape index (κ2) is 9.73. The molecule has 0 fully saturated rings. The van der Waals surface area contributed by atoms with Gasteiger partial charge in [-0.3, -0.25) is 14.9 Å². The van der Waals surface area contributed by atoms with Gasteiger partial charge in [0, 0.05) is 19.0 Å². The van der Waals surface area contributed by atoms with Gasteiger partial charge in [0.25, 0.3) is 0 Å². The van der Waals surface area contributed by atoms with Crippen LogP contribution < -0.4 is 10.1 Å². The summed E-state index contributed by atoms with van der Waals surface area (Å²) < 4.78 is 5.38. The standard InChI is InChI=1S/C15H23N3O4/c1-17(2)11-6-10-16-15(19)9-5-12-22-14-8-4-3-7-13(14)18(20)21/h3-4,7-8H,5-6,9-12H2,1-2H3,(H,16,19). The molecule has 0 unspecified atom stereocenters. The molecule has 0 bridgehead atoms. The summed E-state index contributed by atoms with van der Waals surface area (Å²) in [6.45, 7) is 1.86. The van der Waals surface area contributed by atoms with E-state index in [9.17, 15) is 14.9 Å². The van der Waals surface area contributed by atoms with E-state index in [0.29, 0.717) is 19.4 Å². The summed E-state index contributed by atoms with van der Waals surface area (Å²) in [5.41, 5.74) is -0.0596. The summed E-state index contributed by atoms with van der Waals surface area (Å²) >= 11 is 0. The van der Waals surface area contributed by atoms with Crippen molar-refractivity contribution in [1.29, 1.82) is 0 Å². The molecule has 0 aliphatic rings. The highest BCUT2D eigenvalue weighted by Crippen LogP contribution is 2.25. The third-order valence-electron chi connectivity index (χ3n) is 2.97. The zero-order valence-corrected chi connectivity index (χ0v) is 13.1. The van der Waals surface area contributed by atoms with Gasteiger partial charge in [0.15, 0.2) is 5.75 Å². The minimum Gasteiger partial charge on any atom is -0.487 e. The van der Waals surface area contributed by atoms with Crippen molar-refractivity contribution in [2.45, 2.75) is 19.3 Å².